The van der Waals surface area contributed by atoms with Gasteiger partial charge in [0.15, 0.2) is 0 Å². The molecule has 4 heteroatoms. The molecule has 3 nitrogen and oxygen atoms in total. The van der Waals surface area contributed by atoms with Gasteiger partial charge in [0.2, 0.25) is 0 Å². The highest BCUT2D eigenvalue weighted by Crippen LogP contribution is 2.35. The molecular formula is C20H15O3P. The van der Waals surface area contributed by atoms with E-state index in [1.54, 1.807) is 12.1 Å². The van der Waals surface area contributed by atoms with Gasteiger partial charge in [0.25, 0.3) is 0 Å². The van der Waals surface area contributed by atoms with Gasteiger partial charge in [0, 0.05) is 0 Å². The molecule has 0 saturated carbocycles. The summed E-state index contributed by atoms with van der Waals surface area (Å²) in [5, 5.41) is 4.67. The van der Waals surface area contributed by atoms with Crippen LogP contribution in [0.5, 0.6) is 0 Å². The van der Waals surface area contributed by atoms with Gasteiger partial charge in [-0.25, -0.2) is 0 Å². The minimum Gasteiger partial charge on any atom is -0.321 e. The molecule has 0 heterocycles. The van der Waals surface area contributed by atoms with E-state index in [4.69, 9.17) is 0 Å². The van der Waals surface area contributed by atoms with E-state index in [2.05, 4.69) is 30.3 Å². The maximum atomic E-state index is 11.3. The second-order valence-electron chi connectivity index (χ2n) is 5.82. The van der Waals surface area contributed by atoms with Crippen LogP contribution in [0.2, 0.25) is 0 Å². The zero-order chi connectivity index (χ0) is 16.7. The van der Waals surface area contributed by atoms with Gasteiger partial charge in [-0.2, -0.15) is 0 Å². The maximum absolute atomic E-state index is 11.3. The van der Waals surface area contributed by atoms with Crippen LogP contribution in [-0.2, 0) is 4.57 Å². The maximum Gasteiger partial charge on any atom is 0.356 e. The fourth-order valence-corrected chi connectivity index (χ4v) is 3.59. The van der Waals surface area contributed by atoms with E-state index >= 15 is 0 Å². The van der Waals surface area contributed by atoms with Crippen molar-refractivity contribution in [3.8, 4) is 11.1 Å². The Balaban J connectivity index is 1.93. The Morgan fingerprint density at radius 3 is 1.96 bits per heavy atom. The fraction of sp³-hybridized carbons (Fsp3) is 0. The Morgan fingerprint density at radius 2 is 1.29 bits per heavy atom. The van der Waals surface area contributed by atoms with Gasteiger partial charge < -0.3 is 9.79 Å². The van der Waals surface area contributed by atoms with E-state index in [0.29, 0.717) is 0 Å². The van der Waals surface area contributed by atoms with Crippen molar-refractivity contribution in [3.05, 3.63) is 78.9 Å². The number of rotatable bonds is 2. The molecule has 2 N–H and O–H groups in total. The Labute approximate surface area is 139 Å². The van der Waals surface area contributed by atoms with Crippen molar-refractivity contribution in [2.24, 2.45) is 0 Å². The molecular weight excluding hydrogens is 319 g/mol. The molecule has 0 fully saturated rings. The third kappa shape index (κ3) is 2.63. The number of hydrogen-bond donors (Lipinski definition) is 2. The number of benzene rings is 4. The van der Waals surface area contributed by atoms with Crippen LogP contribution in [0.3, 0.4) is 0 Å². The molecule has 0 aliphatic rings. The van der Waals surface area contributed by atoms with Crippen LogP contribution in [0.15, 0.2) is 78.9 Å². The van der Waals surface area contributed by atoms with Crippen LogP contribution >= 0.6 is 7.60 Å². The lowest BCUT2D eigenvalue weighted by atomic mass is 9.96. The first-order valence-corrected chi connectivity index (χ1v) is 9.22. The van der Waals surface area contributed by atoms with Crippen molar-refractivity contribution < 1.29 is 14.4 Å². The second-order valence-corrected chi connectivity index (χ2v) is 7.42. The number of hydrogen-bond acceptors (Lipinski definition) is 1. The molecule has 0 aromatic heterocycles. The topological polar surface area (TPSA) is 57.5 Å². The lowest BCUT2D eigenvalue weighted by Crippen LogP contribution is -2.02. The predicted octanol–water partition coefficient (Wildman–Crippen LogP) is 4.46. The van der Waals surface area contributed by atoms with Crippen LogP contribution in [-0.4, -0.2) is 9.79 Å². The molecule has 0 aliphatic carbocycles. The highest BCUT2D eigenvalue weighted by atomic mass is 31.2. The standard InChI is InChI=1S/C20H15O3P/c21-24(22,23)18-10-8-14(9-11-18)19-7-3-6-17-12-15-4-1-2-5-16(15)13-20(17)19/h1-13H,(H2,21,22,23). The summed E-state index contributed by atoms with van der Waals surface area (Å²) in [6.45, 7) is 0. The van der Waals surface area contributed by atoms with Crippen LogP contribution < -0.4 is 5.30 Å². The molecule has 4 aromatic rings. The van der Waals surface area contributed by atoms with E-state index in [1.807, 2.05) is 24.3 Å². The Kier molecular flexibility index (Phi) is 3.50. The molecule has 4 rings (SSSR count). The fourth-order valence-electron chi connectivity index (χ4n) is 3.05. The van der Waals surface area contributed by atoms with E-state index in [9.17, 15) is 14.4 Å². The van der Waals surface area contributed by atoms with E-state index in [1.165, 1.54) is 22.9 Å². The van der Waals surface area contributed by atoms with Crippen molar-refractivity contribution in [2.45, 2.75) is 0 Å². The summed E-state index contributed by atoms with van der Waals surface area (Å²) < 4.78 is 11.3. The predicted molar refractivity (Wildman–Crippen MR) is 98.6 cm³/mol. The summed E-state index contributed by atoms with van der Waals surface area (Å²) in [5.41, 5.74) is 1.99. The van der Waals surface area contributed by atoms with Crippen molar-refractivity contribution in [3.63, 3.8) is 0 Å². The van der Waals surface area contributed by atoms with Crippen LogP contribution in [0.1, 0.15) is 0 Å². The molecule has 0 spiro atoms. The highest BCUT2D eigenvalue weighted by molar-refractivity contribution is 7.60. The van der Waals surface area contributed by atoms with Crippen LogP contribution in [0, 0.1) is 0 Å². The number of fused-ring (bicyclic) bond motifs is 2. The molecule has 118 valence electrons. The van der Waals surface area contributed by atoms with Gasteiger partial charge in [-0.3, -0.25) is 4.57 Å². The third-order valence-corrected chi connectivity index (χ3v) is 5.23. The van der Waals surface area contributed by atoms with E-state index in [0.717, 1.165) is 21.9 Å². The molecule has 0 unspecified atom stereocenters. The van der Waals surface area contributed by atoms with E-state index in [-0.39, 0.29) is 5.30 Å². The first kappa shape index (κ1) is 15.1. The summed E-state index contributed by atoms with van der Waals surface area (Å²) in [5.74, 6) is 0. The first-order valence-electron chi connectivity index (χ1n) is 7.60. The first-order chi connectivity index (χ1) is 11.5. The largest absolute Gasteiger partial charge is 0.356 e. The zero-order valence-electron chi connectivity index (χ0n) is 12.8. The molecule has 4 aromatic carbocycles. The van der Waals surface area contributed by atoms with Gasteiger partial charge in [0.1, 0.15) is 0 Å². The summed E-state index contributed by atoms with van der Waals surface area (Å²) in [6, 6.07) is 25.2. The quantitative estimate of drug-likeness (QED) is 0.420. The van der Waals surface area contributed by atoms with Gasteiger partial charge in [-0.1, -0.05) is 54.6 Å². The molecule has 0 atom stereocenters. The monoisotopic (exact) mass is 334 g/mol. The Hall–Kier alpha value is -2.45. The van der Waals surface area contributed by atoms with Crippen molar-refractivity contribution >= 4 is 34.4 Å². The normalized spacial score (nSPS) is 11.9. The minimum absolute atomic E-state index is 0.0388. The van der Waals surface area contributed by atoms with Gasteiger partial charge in [0.05, 0.1) is 5.30 Å². The smallest absolute Gasteiger partial charge is 0.321 e. The van der Waals surface area contributed by atoms with Gasteiger partial charge in [-0.15, -0.1) is 0 Å². The SMILES string of the molecule is O=P(O)(O)c1ccc(-c2cccc3cc4ccccc4cc23)cc1. The van der Waals surface area contributed by atoms with E-state index < -0.39 is 7.60 Å². The zero-order valence-corrected chi connectivity index (χ0v) is 13.6. The van der Waals surface area contributed by atoms with Crippen LogP contribution in [0.4, 0.5) is 0 Å². The second kappa shape index (κ2) is 5.57. The summed E-state index contributed by atoms with van der Waals surface area (Å²) in [7, 11) is -4.21. The van der Waals surface area contributed by atoms with Gasteiger partial charge in [-0.05, 0) is 56.9 Å². The van der Waals surface area contributed by atoms with Crippen molar-refractivity contribution in [1.82, 2.24) is 0 Å². The van der Waals surface area contributed by atoms with Crippen LogP contribution in [0.25, 0.3) is 32.7 Å². The van der Waals surface area contributed by atoms with Gasteiger partial charge >= 0.3 is 7.60 Å². The average molecular weight is 334 g/mol. The molecule has 24 heavy (non-hydrogen) atoms. The summed E-state index contributed by atoms with van der Waals surface area (Å²) in [6.07, 6.45) is 0. The Morgan fingerprint density at radius 1 is 0.667 bits per heavy atom. The molecule has 0 radical (unpaired) electrons. The summed E-state index contributed by atoms with van der Waals surface area (Å²) in [4.78, 5) is 18.5. The minimum atomic E-state index is -4.21. The lowest BCUT2D eigenvalue weighted by molar-refractivity contribution is 0.387. The molecule has 0 bridgehead atoms. The summed E-state index contributed by atoms with van der Waals surface area (Å²) >= 11 is 0. The third-order valence-electron chi connectivity index (χ3n) is 4.26. The Bertz CT molecular complexity index is 1090. The van der Waals surface area contributed by atoms with Crippen molar-refractivity contribution in [1.29, 1.82) is 0 Å². The average Bonchev–Trinajstić information content (AvgIpc) is 2.59. The van der Waals surface area contributed by atoms with Crippen molar-refractivity contribution in [2.75, 3.05) is 0 Å². The lowest BCUT2D eigenvalue weighted by Gasteiger charge is -2.10. The molecule has 0 saturated heterocycles. The molecule has 0 amide bonds. The molecule has 0 aliphatic heterocycles. The highest BCUT2D eigenvalue weighted by Gasteiger charge is 2.16.